The molecule has 2 aliphatic carbocycles. The first-order valence-electron chi connectivity index (χ1n) is 41.0. The van der Waals surface area contributed by atoms with E-state index in [2.05, 4.69) is 76.8 Å². The zero-order chi connectivity index (χ0) is 81.0. The Morgan fingerprint density at radius 1 is 0.457 bits per heavy atom. The predicted octanol–water partition coefficient (Wildman–Crippen LogP) is 2.60. The summed E-state index contributed by atoms with van der Waals surface area (Å²) in [5.74, 6) is 7.20. The Balaban J connectivity index is 0.000000105. The molecule has 10 N–H and O–H groups in total. The van der Waals surface area contributed by atoms with Crippen molar-refractivity contribution in [3.8, 4) is 0 Å². The van der Waals surface area contributed by atoms with E-state index in [1.54, 1.807) is 9.80 Å². The molecule has 19 heterocycles. The number of fused-ring (bicyclic) bond motifs is 12. The van der Waals surface area contributed by atoms with Gasteiger partial charge < -0.3 is 119 Å². The summed E-state index contributed by atoms with van der Waals surface area (Å²) in [6.45, 7) is 8.53. The second kappa shape index (κ2) is 32.9. The number of nitrogens with zero attached hydrogens (tertiary/aromatic N) is 25. The Morgan fingerprint density at radius 3 is 1.16 bits per heavy atom. The monoisotopic (exact) mass is 1610 g/mol. The van der Waals surface area contributed by atoms with Gasteiger partial charge >= 0.3 is 36.2 Å². The number of aromatic nitrogens is 12. The maximum absolute atomic E-state index is 12.3. The summed E-state index contributed by atoms with van der Waals surface area (Å²) in [4.78, 5) is 98.7. The highest BCUT2D eigenvalue weighted by Crippen LogP contribution is 2.50. The first kappa shape index (κ1) is 79.4. The van der Waals surface area contributed by atoms with Gasteiger partial charge in [-0.05, 0) is 142 Å². The van der Waals surface area contributed by atoms with E-state index in [1.165, 1.54) is 6.39 Å². The smallest absolute Gasteiger partial charge is 0.320 e. The Kier molecular flexibility index (Phi) is 22.5. The fourth-order valence-corrected chi connectivity index (χ4v) is 18.1. The molecule has 116 heavy (non-hydrogen) atoms. The van der Waals surface area contributed by atoms with Crippen LogP contribution in [0.3, 0.4) is 0 Å². The van der Waals surface area contributed by atoms with Crippen molar-refractivity contribution in [2.45, 2.75) is 218 Å². The zero-order valence-corrected chi connectivity index (χ0v) is 67.1. The highest BCUT2D eigenvalue weighted by molar-refractivity contribution is 5.81. The second-order valence-electron chi connectivity index (χ2n) is 33.7. The highest BCUT2D eigenvalue weighted by atomic mass is 16.4. The summed E-state index contributed by atoms with van der Waals surface area (Å²) in [6, 6.07) is 2.05. The molecule has 0 spiro atoms. The summed E-state index contributed by atoms with van der Waals surface area (Å²) in [6.07, 6.45) is 20.2. The van der Waals surface area contributed by atoms with E-state index in [0.717, 1.165) is 174 Å². The standard InChI is InChI=1S/C14H21N7O2.2C13H19N5O2.2C12H19N5O2.C9H12N4O2/c1-20-8-2-3-9(21(6-8)13(20)22)10-18-19-11(23-10)14(4-5-14)7-17-12(15)16;1-17-9-2-3-10(18(7-9)13(17)19)12-16-15-11(20-12)4-8-5-14-6-8;1-17-8-2-3-9(18(7-8)12(17)19)11-16-15-10(20-11)6-13(14)4-5-13;1-13-6-5-10-14-15-11(19-10)9-4-3-8-7-17(9)12(18)16(8)2;1-16-8-4-5-9(17(7-8)12(16)18)11-15-14-10(19-11)3-2-6-13;1-12-6-2-3-7(8-11-10-5-15-8)13(4-6)9(12)14/h8-9H,2-7H2,1H3,(H4,15,16,17);8-10,14H,2-7H2,1H3;8-9H,2-7,14H2,1H3;8-9,13H,3-7H2,1-2H3;8-9H,2-7,13H2,1H3;5-7H,2-4H2,1H3/t8-,9+;9-,10+;3*8-,9+;6-,7+/m111111/s1. The van der Waals surface area contributed by atoms with E-state index >= 15 is 0 Å². The molecule has 13 saturated heterocycles. The van der Waals surface area contributed by atoms with Crippen molar-refractivity contribution in [2.24, 2.45) is 33.8 Å². The number of guanidine groups is 1. The number of hydrogen-bond acceptors (Lipinski definition) is 29. The largest absolute Gasteiger partial charge is 0.426 e. The molecule has 12 bridgehead atoms. The van der Waals surface area contributed by atoms with Crippen molar-refractivity contribution >= 4 is 42.1 Å². The number of piperidine rings is 6. The van der Waals surface area contributed by atoms with Gasteiger partial charge in [-0.3, -0.25) is 4.99 Å². The average molecular weight is 1610 g/mol. The molecular weight excluding hydrogens is 1500 g/mol. The molecule has 12 amide bonds. The summed E-state index contributed by atoms with van der Waals surface area (Å²) < 4.78 is 34.0. The number of rotatable bonds is 19. The lowest BCUT2D eigenvalue weighted by Gasteiger charge is -2.28. The molecule has 0 aromatic carbocycles. The maximum atomic E-state index is 12.3. The number of amides is 12. The van der Waals surface area contributed by atoms with Crippen LogP contribution in [0.1, 0.15) is 210 Å². The minimum atomic E-state index is -0.224. The van der Waals surface area contributed by atoms with Crippen LogP contribution in [0.5, 0.6) is 0 Å². The third-order valence-electron chi connectivity index (χ3n) is 26.2. The molecule has 13 aliphatic heterocycles. The maximum Gasteiger partial charge on any atom is 0.320 e. The summed E-state index contributed by atoms with van der Waals surface area (Å²) >= 11 is 0. The number of carbonyl (C=O) groups is 6. The molecule has 15 fully saturated rings. The Hall–Kier alpha value is -10.4. The predicted molar refractivity (Wildman–Crippen MR) is 406 cm³/mol. The summed E-state index contributed by atoms with van der Waals surface area (Å²) in [5.41, 5.74) is 22.0. The summed E-state index contributed by atoms with van der Waals surface area (Å²) in [5, 5.41) is 55.1. The number of aryl methyl sites for hydroxylation is 1. The van der Waals surface area contributed by atoms with Gasteiger partial charge in [0.25, 0.3) is 0 Å². The van der Waals surface area contributed by atoms with Gasteiger partial charge in [-0.2, -0.15) is 0 Å². The molecule has 21 rings (SSSR count). The minimum Gasteiger partial charge on any atom is -0.426 e. The normalized spacial score (nSPS) is 28.6. The first-order valence-corrected chi connectivity index (χ1v) is 41.0. The van der Waals surface area contributed by atoms with Gasteiger partial charge in [-0.1, -0.05) is 0 Å². The highest BCUT2D eigenvalue weighted by Gasteiger charge is 2.54. The van der Waals surface area contributed by atoms with Gasteiger partial charge in [0.15, 0.2) is 5.96 Å². The van der Waals surface area contributed by atoms with Crippen LogP contribution in [0.15, 0.2) is 37.9 Å². The molecule has 6 aromatic rings. The Morgan fingerprint density at radius 2 is 0.810 bits per heavy atom. The Bertz CT molecular complexity index is 4410. The number of carbonyl (C=O) groups excluding carboxylic acids is 6. The van der Waals surface area contributed by atoms with Crippen molar-refractivity contribution < 1.29 is 55.3 Å². The van der Waals surface area contributed by atoms with Gasteiger partial charge in [0.05, 0.1) is 48.2 Å². The number of aliphatic imine (C=N–C) groups is 1. The van der Waals surface area contributed by atoms with E-state index in [4.69, 9.17) is 49.4 Å². The van der Waals surface area contributed by atoms with Crippen molar-refractivity contribution in [3.05, 3.63) is 71.2 Å². The van der Waals surface area contributed by atoms with Crippen LogP contribution >= 0.6 is 0 Å². The van der Waals surface area contributed by atoms with Crippen LogP contribution in [-0.4, -0.2) is 325 Å². The number of nitrogens with two attached hydrogens (primary N) is 4. The number of urea groups is 6. The van der Waals surface area contributed by atoms with Gasteiger partial charge in [-0.25, -0.2) is 28.8 Å². The zero-order valence-electron chi connectivity index (χ0n) is 67.1. The van der Waals surface area contributed by atoms with E-state index in [9.17, 15) is 28.8 Å². The van der Waals surface area contributed by atoms with Crippen LogP contribution in [-0.2, 0) is 31.1 Å². The Labute approximate surface area is 670 Å². The molecule has 43 heteroatoms. The lowest BCUT2D eigenvalue weighted by molar-refractivity contribution is 0.165. The number of likely N-dealkylation sites (N-methyl/N-ethyl adjacent to an activating group) is 7. The van der Waals surface area contributed by atoms with E-state index in [-0.39, 0.29) is 89.4 Å². The molecule has 0 unspecified atom stereocenters. The number of nitrogens with one attached hydrogen (secondary N) is 2. The molecule has 628 valence electrons. The average Bonchev–Trinajstić information content (AvgIpc) is 1.61. The molecule has 2 saturated carbocycles. The fourth-order valence-electron chi connectivity index (χ4n) is 18.1. The minimum absolute atomic E-state index is 0.0267. The number of hydrogen-bond donors (Lipinski definition) is 6. The van der Waals surface area contributed by atoms with Gasteiger partial charge in [0.1, 0.15) is 36.3 Å². The van der Waals surface area contributed by atoms with E-state index in [0.29, 0.717) is 139 Å². The molecule has 43 nitrogen and oxygen atoms in total. The van der Waals surface area contributed by atoms with Crippen molar-refractivity contribution in [3.63, 3.8) is 0 Å². The topological polar surface area (TPSA) is 515 Å². The van der Waals surface area contributed by atoms with Crippen molar-refractivity contribution in [2.75, 3.05) is 121 Å². The SMILES string of the molecule is CN1C(=O)N2C[C@H]1CC[C@H]2c1nnc(C2(CN=C(N)N)CC2)o1.CN1C(=O)N2C[C@H]1CC[C@H]2c1nnc(CC2(N)CC2)o1.CN1C(=O)N2C[C@H]1CC[C@H]2c1nnc(CC2CNC2)o1.CN1C(=O)N2C[C@H]1CC[C@H]2c1nnc(CCCN)o1.CN1C(=O)N2C[C@H]1CC[C@H]2c1nnco1.CNCCc1nnc([C@@H]2CC[C@@H]3CN2C(=O)N3C)o1. The van der Waals surface area contributed by atoms with Gasteiger partial charge in [0, 0.05) is 119 Å². The second-order valence-corrected chi connectivity index (χ2v) is 33.7. The molecule has 15 aliphatic rings. The lowest BCUT2D eigenvalue weighted by Crippen LogP contribution is -2.43. The van der Waals surface area contributed by atoms with E-state index < -0.39 is 0 Å². The van der Waals surface area contributed by atoms with Crippen LogP contribution in [0, 0.1) is 5.92 Å². The molecule has 0 radical (unpaired) electrons. The summed E-state index contributed by atoms with van der Waals surface area (Å²) in [7, 11) is 13.0. The van der Waals surface area contributed by atoms with Crippen LogP contribution in [0.2, 0.25) is 0 Å². The molecule has 12 atom stereocenters. The van der Waals surface area contributed by atoms with Crippen molar-refractivity contribution in [1.82, 2.24) is 131 Å². The first-order chi connectivity index (χ1) is 56.0. The van der Waals surface area contributed by atoms with Crippen LogP contribution in [0.4, 0.5) is 28.8 Å². The van der Waals surface area contributed by atoms with E-state index in [1.807, 2.05) is 98.3 Å². The van der Waals surface area contributed by atoms with Crippen LogP contribution in [0.25, 0.3) is 0 Å². The molecule has 6 aromatic heterocycles. The quantitative estimate of drug-likeness (QED) is 0.0501. The van der Waals surface area contributed by atoms with Crippen LogP contribution < -0.4 is 33.6 Å². The fraction of sp³-hybridized carbons (Fsp3) is 0.740. The van der Waals surface area contributed by atoms with Gasteiger partial charge in [-0.15, -0.1) is 61.2 Å². The van der Waals surface area contributed by atoms with Crippen molar-refractivity contribution in [1.29, 1.82) is 0 Å². The lowest BCUT2D eigenvalue weighted by atomic mass is 9.99. The third-order valence-corrected chi connectivity index (χ3v) is 26.2. The van der Waals surface area contributed by atoms with Gasteiger partial charge in [0.2, 0.25) is 71.2 Å². The third kappa shape index (κ3) is 16.0. The molecular formula is C73H109N31O12.